The third-order valence-corrected chi connectivity index (χ3v) is 3.45. The first-order valence-electron chi connectivity index (χ1n) is 7.21. The Balaban J connectivity index is 2.08. The summed E-state index contributed by atoms with van der Waals surface area (Å²) in [4.78, 5) is 22.9. The Morgan fingerprint density at radius 1 is 1.09 bits per heavy atom. The van der Waals surface area contributed by atoms with Gasteiger partial charge in [-0.1, -0.05) is 42.5 Å². The summed E-state index contributed by atoms with van der Waals surface area (Å²) in [5, 5.41) is 22.6. The molecular weight excluding hydrogens is 282 g/mol. The zero-order valence-corrected chi connectivity index (χ0v) is 12.2. The Bertz CT molecular complexity index is 669. The van der Waals surface area contributed by atoms with Crippen molar-refractivity contribution in [1.82, 2.24) is 5.32 Å². The van der Waals surface area contributed by atoms with Crippen LogP contribution >= 0.6 is 0 Å². The van der Waals surface area contributed by atoms with E-state index in [1.165, 1.54) is 0 Å². The van der Waals surface area contributed by atoms with E-state index < -0.39 is 12.0 Å². The number of rotatable bonds is 7. The lowest BCUT2D eigenvalue weighted by Crippen LogP contribution is -2.42. The van der Waals surface area contributed by atoms with Gasteiger partial charge in [-0.05, 0) is 22.8 Å². The number of nitrogens with one attached hydrogen (secondary N) is 1. The molecule has 0 spiro atoms. The summed E-state index contributed by atoms with van der Waals surface area (Å²) < 4.78 is 0. The lowest BCUT2D eigenvalue weighted by Gasteiger charge is -2.15. The minimum Gasteiger partial charge on any atom is -0.480 e. The minimum absolute atomic E-state index is 0.0875. The predicted octanol–water partition coefficient (Wildman–Crippen LogP) is 1.72. The van der Waals surface area contributed by atoms with Crippen molar-refractivity contribution in [3.8, 4) is 0 Å². The van der Waals surface area contributed by atoms with Crippen molar-refractivity contribution in [2.24, 2.45) is 0 Å². The maximum absolute atomic E-state index is 11.6. The molecule has 0 fully saturated rings. The number of aliphatic hydroxyl groups excluding tert-OH is 1. The molecule has 1 atom stereocenters. The van der Waals surface area contributed by atoms with E-state index in [0.29, 0.717) is 6.42 Å². The second-order valence-electron chi connectivity index (χ2n) is 5.17. The van der Waals surface area contributed by atoms with E-state index in [0.717, 1.165) is 16.3 Å². The van der Waals surface area contributed by atoms with E-state index in [9.17, 15) is 14.7 Å². The molecule has 0 unspecified atom stereocenters. The third kappa shape index (κ3) is 4.30. The van der Waals surface area contributed by atoms with Crippen molar-refractivity contribution in [2.45, 2.75) is 25.3 Å². The fourth-order valence-corrected chi connectivity index (χ4v) is 2.31. The molecule has 0 bridgehead atoms. The molecule has 5 heteroatoms. The van der Waals surface area contributed by atoms with Gasteiger partial charge in [0.05, 0.1) is 0 Å². The highest BCUT2D eigenvalue weighted by molar-refractivity contribution is 5.85. The summed E-state index contributed by atoms with van der Waals surface area (Å²) in [5.74, 6) is -1.42. The number of carbonyl (C=O) groups is 2. The van der Waals surface area contributed by atoms with Gasteiger partial charge in [0.25, 0.3) is 0 Å². The van der Waals surface area contributed by atoms with Crippen LogP contribution in [0.2, 0.25) is 0 Å². The topological polar surface area (TPSA) is 86.6 Å². The molecule has 22 heavy (non-hydrogen) atoms. The van der Waals surface area contributed by atoms with E-state index in [4.69, 9.17) is 5.11 Å². The number of hydrogen-bond acceptors (Lipinski definition) is 3. The van der Waals surface area contributed by atoms with Gasteiger partial charge in [0.2, 0.25) is 5.91 Å². The Labute approximate surface area is 128 Å². The molecule has 5 nitrogen and oxygen atoms in total. The van der Waals surface area contributed by atoms with Crippen LogP contribution in [0.3, 0.4) is 0 Å². The van der Waals surface area contributed by atoms with Crippen LogP contribution < -0.4 is 5.32 Å². The number of benzene rings is 2. The van der Waals surface area contributed by atoms with Crippen LogP contribution in [0.1, 0.15) is 18.4 Å². The van der Waals surface area contributed by atoms with E-state index in [1.807, 2.05) is 42.5 Å². The van der Waals surface area contributed by atoms with Crippen molar-refractivity contribution in [1.29, 1.82) is 0 Å². The Kier molecular flexibility index (Phi) is 5.49. The summed E-state index contributed by atoms with van der Waals surface area (Å²) in [6.45, 7) is -0.0875. The van der Waals surface area contributed by atoms with Gasteiger partial charge in [-0.3, -0.25) is 4.79 Å². The van der Waals surface area contributed by atoms with Gasteiger partial charge >= 0.3 is 5.97 Å². The quantitative estimate of drug-likeness (QED) is 0.727. The molecule has 0 saturated heterocycles. The summed E-state index contributed by atoms with van der Waals surface area (Å²) >= 11 is 0. The zero-order chi connectivity index (χ0) is 15.9. The average molecular weight is 301 g/mol. The largest absolute Gasteiger partial charge is 0.480 e. The van der Waals surface area contributed by atoms with E-state index >= 15 is 0 Å². The molecule has 0 heterocycles. The molecule has 116 valence electrons. The van der Waals surface area contributed by atoms with Crippen molar-refractivity contribution >= 4 is 22.6 Å². The molecule has 1 amide bonds. The molecule has 0 aromatic heterocycles. The number of aliphatic carboxylic acids is 1. The normalized spacial score (nSPS) is 12.0. The monoisotopic (exact) mass is 301 g/mol. The van der Waals surface area contributed by atoms with Gasteiger partial charge in [0.15, 0.2) is 0 Å². The van der Waals surface area contributed by atoms with Crippen LogP contribution in [0.4, 0.5) is 0 Å². The Hall–Kier alpha value is -2.40. The SMILES string of the molecule is O=C(CCCO)N[C@H](Cc1ccc2ccccc2c1)C(=O)O. The number of hydrogen-bond donors (Lipinski definition) is 3. The van der Waals surface area contributed by atoms with Crippen LogP contribution in [0.5, 0.6) is 0 Å². The minimum atomic E-state index is -1.06. The Morgan fingerprint density at radius 3 is 2.50 bits per heavy atom. The zero-order valence-electron chi connectivity index (χ0n) is 12.2. The van der Waals surface area contributed by atoms with Crippen LogP contribution in [-0.4, -0.2) is 34.7 Å². The van der Waals surface area contributed by atoms with Crippen LogP contribution in [0.15, 0.2) is 42.5 Å². The molecule has 0 aliphatic carbocycles. The fourth-order valence-electron chi connectivity index (χ4n) is 2.31. The fraction of sp³-hybridized carbons (Fsp3) is 0.294. The number of carbonyl (C=O) groups excluding carboxylic acids is 1. The summed E-state index contributed by atoms with van der Waals surface area (Å²) in [7, 11) is 0. The molecule has 0 aliphatic rings. The van der Waals surface area contributed by atoms with Crippen molar-refractivity contribution in [2.75, 3.05) is 6.61 Å². The van der Waals surface area contributed by atoms with Gasteiger partial charge in [0.1, 0.15) is 6.04 Å². The van der Waals surface area contributed by atoms with Crippen LogP contribution in [0, 0.1) is 0 Å². The van der Waals surface area contributed by atoms with Crippen molar-refractivity contribution < 1.29 is 19.8 Å². The van der Waals surface area contributed by atoms with E-state index in [1.54, 1.807) is 0 Å². The molecule has 3 N–H and O–H groups in total. The highest BCUT2D eigenvalue weighted by atomic mass is 16.4. The lowest BCUT2D eigenvalue weighted by molar-refractivity contribution is -0.141. The summed E-state index contributed by atoms with van der Waals surface area (Å²) in [6, 6.07) is 12.6. The van der Waals surface area contributed by atoms with Gasteiger partial charge in [0, 0.05) is 19.4 Å². The number of carboxylic acids is 1. The summed E-state index contributed by atoms with van der Waals surface area (Å²) in [5.41, 5.74) is 0.855. The van der Waals surface area contributed by atoms with Gasteiger partial charge in [-0.2, -0.15) is 0 Å². The van der Waals surface area contributed by atoms with E-state index in [-0.39, 0.29) is 25.4 Å². The van der Waals surface area contributed by atoms with Crippen LogP contribution in [0.25, 0.3) is 10.8 Å². The number of fused-ring (bicyclic) bond motifs is 1. The van der Waals surface area contributed by atoms with Crippen LogP contribution in [-0.2, 0) is 16.0 Å². The highest BCUT2D eigenvalue weighted by Gasteiger charge is 2.20. The summed E-state index contributed by atoms with van der Waals surface area (Å²) in [6.07, 6.45) is 0.678. The third-order valence-electron chi connectivity index (χ3n) is 3.45. The number of aliphatic hydroxyl groups is 1. The van der Waals surface area contributed by atoms with Gasteiger partial charge in [-0.25, -0.2) is 4.79 Å². The second kappa shape index (κ2) is 7.56. The van der Waals surface area contributed by atoms with Crippen molar-refractivity contribution in [3.63, 3.8) is 0 Å². The molecule has 0 radical (unpaired) electrons. The first-order valence-corrected chi connectivity index (χ1v) is 7.21. The van der Waals surface area contributed by atoms with Gasteiger partial charge < -0.3 is 15.5 Å². The van der Waals surface area contributed by atoms with Crippen molar-refractivity contribution in [3.05, 3.63) is 48.0 Å². The molecule has 2 rings (SSSR count). The highest BCUT2D eigenvalue weighted by Crippen LogP contribution is 2.16. The number of amides is 1. The maximum Gasteiger partial charge on any atom is 0.326 e. The van der Waals surface area contributed by atoms with Gasteiger partial charge in [-0.15, -0.1) is 0 Å². The standard InChI is InChI=1S/C17H19NO4/c19-9-3-6-16(20)18-15(17(21)22)11-12-7-8-13-4-1-2-5-14(13)10-12/h1-2,4-5,7-8,10,15,19H,3,6,9,11H2,(H,18,20)(H,21,22)/t15-/m1/s1. The maximum atomic E-state index is 11.6. The second-order valence-corrected chi connectivity index (χ2v) is 5.17. The number of carboxylic acid groups (broad SMARTS) is 1. The molecule has 2 aromatic rings. The first-order chi connectivity index (χ1) is 10.6. The lowest BCUT2D eigenvalue weighted by atomic mass is 10.0. The molecule has 0 saturated carbocycles. The smallest absolute Gasteiger partial charge is 0.326 e. The average Bonchev–Trinajstić information content (AvgIpc) is 2.52. The predicted molar refractivity (Wildman–Crippen MR) is 83.5 cm³/mol. The van der Waals surface area contributed by atoms with E-state index in [2.05, 4.69) is 5.32 Å². The Morgan fingerprint density at radius 2 is 1.82 bits per heavy atom. The molecule has 0 aliphatic heterocycles. The molecule has 2 aromatic carbocycles. The molecular formula is C17H19NO4. The first kappa shape index (κ1) is 16.0.